The Morgan fingerprint density at radius 1 is 0.435 bits per heavy atom. The highest BCUT2D eigenvalue weighted by atomic mass is 31.1. The number of hydrogen-bond acceptors (Lipinski definition) is 3. The van der Waals surface area contributed by atoms with Gasteiger partial charge in [0.2, 0.25) is 0 Å². The minimum atomic E-state index is -1.00. The molecule has 0 aromatic heterocycles. The Kier molecular flexibility index (Phi) is 8.39. The molecular weight excluding hydrogens is 602 g/mol. The van der Waals surface area contributed by atoms with Crippen molar-refractivity contribution in [1.82, 2.24) is 0 Å². The van der Waals surface area contributed by atoms with Crippen molar-refractivity contribution in [3.63, 3.8) is 0 Å². The van der Waals surface area contributed by atoms with E-state index >= 15 is 0 Å². The van der Waals surface area contributed by atoms with E-state index in [1.807, 2.05) is 12.1 Å². The molecule has 2 atom stereocenters. The lowest BCUT2D eigenvalue weighted by Gasteiger charge is -2.38. The molecule has 0 spiro atoms. The second-order valence-electron chi connectivity index (χ2n) is 11.7. The summed E-state index contributed by atoms with van der Waals surface area (Å²) in [7, 11) is 1.50. The zero-order chi connectivity index (χ0) is 31.7. The molecule has 0 saturated heterocycles. The molecule has 0 aliphatic carbocycles. The molecule has 1 heterocycles. The molecule has 5 heteroatoms. The van der Waals surface area contributed by atoms with E-state index in [1.54, 1.807) is 14.2 Å². The third kappa shape index (κ3) is 5.28. The van der Waals surface area contributed by atoms with Crippen LogP contribution >= 0.6 is 15.8 Å². The van der Waals surface area contributed by atoms with E-state index in [4.69, 9.17) is 14.2 Å². The highest BCUT2D eigenvalue weighted by Gasteiger charge is 2.39. The molecule has 1 aliphatic heterocycles. The summed E-state index contributed by atoms with van der Waals surface area (Å²) in [6.07, 6.45) is 0. The van der Waals surface area contributed by atoms with Crippen LogP contribution in [0.3, 0.4) is 0 Å². The molecule has 6 aromatic rings. The molecular formula is C41H36O3P2. The SMILES string of the molecule is COc1ccccc1P(c1ccccc1)c1cccc2c1Oc1c([P@@](c3ccccc3)c3ccccc3OC)cccc1C2(C)C. The number of hydrogen-bond donors (Lipinski definition) is 0. The van der Waals surface area contributed by atoms with Crippen LogP contribution in [0, 0.1) is 0 Å². The van der Waals surface area contributed by atoms with Gasteiger partial charge in [-0.15, -0.1) is 0 Å². The molecule has 0 amide bonds. The van der Waals surface area contributed by atoms with Crippen molar-refractivity contribution in [1.29, 1.82) is 0 Å². The summed E-state index contributed by atoms with van der Waals surface area (Å²) in [6, 6.07) is 51.6. The smallest absolute Gasteiger partial charge is 0.139 e. The fourth-order valence-corrected chi connectivity index (χ4v) is 11.5. The average molecular weight is 639 g/mol. The molecule has 0 saturated carbocycles. The molecule has 3 nitrogen and oxygen atoms in total. The van der Waals surface area contributed by atoms with E-state index in [1.165, 1.54) is 43.0 Å². The maximum absolute atomic E-state index is 7.32. The van der Waals surface area contributed by atoms with Crippen molar-refractivity contribution in [3.8, 4) is 23.0 Å². The summed E-state index contributed by atoms with van der Waals surface area (Å²) in [5, 5.41) is 7.19. The fourth-order valence-electron chi connectivity index (χ4n) is 6.45. The predicted octanol–water partition coefficient (Wildman–Crippen LogP) is 7.65. The molecule has 0 radical (unpaired) electrons. The molecule has 228 valence electrons. The fraction of sp³-hybridized carbons (Fsp3) is 0.122. The van der Waals surface area contributed by atoms with Gasteiger partial charge in [0.1, 0.15) is 23.0 Å². The second kappa shape index (κ2) is 12.8. The van der Waals surface area contributed by atoms with E-state index in [0.29, 0.717) is 0 Å². The van der Waals surface area contributed by atoms with Crippen LogP contribution in [-0.2, 0) is 5.41 Å². The van der Waals surface area contributed by atoms with Crippen LogP contribution in [-0.4, -0.2) is 14.2 Å². The average Bonchev–Trinajstić information content (AvgIpc) is 3.10. The number of para-hydroxylation sites is 4. The highest BCUT2D eigenvalue weighted by molar-refractivity contribution is 7.80. The molecule has 46 heavy (non-hydrogen) atoms. The number of benzene rings is 6. The Bertz CT molecular complexity index is 1850. The van der Waals surface area contributed by atoms with Gasteiger partial charge in [-0.3, -0.25) is 0 Å². The van der Waals surface area contributed by atoms with Gasteiger partial charge >= 0.3 is 0 Å². The van der Waals surface area contributed by atoms with Crippen LogP contribution in [0.4, 0.5) is 0 Å². The van der Waals surface area contributed by atoms with E-state index in [2.05, 4.69) is 147 Å². The zero-order valence-electron chi connectivity index (χ0n) is 26.5. The summed E-state index contributed by atoms with van der Waals surface area (Å²) in [5.74, 6) is 3.65. The van der Waals surface area contributed by atoms with Crippen LogP contribution < -0.4 is 46.0 Å². The van der Waals surface area contributed by atoms with Crippen LogP contribution in [0.15, 0.2) is 146 Å². The van der Waals surface area contributed by atoms with Gasteiger partial charge in [0.25, 0.3) is 0 Å². The van der Waals surface area contributed by atoms with Crippen molar-refractivity contribution in [3.05, 3.63) is 157 Å². The Balaban J connectivity index is 1.47. The number of ether oxygens (including phenoxy) is 3. The lowest BCUT2D eigenvalue weighted by molar-refractivity contribution is 0.418. The molecule has 1 unspecified atom stereocenters. The van der Waals surface area contributed by atoms with Crippen LogP contribution in [0.5, 0.6) is 23.0 Å². The summed E-state index contributed by atoms with van der Waals surface area (Å²) >= 11 is 0. The van der Waals surface area contributed by atoms with E-state index < -0.39 is 15.8 Å². The van der Waals surface area contributed by atoms with Crippen molar-refractivity contribution < 1.29 is 14.2 Å². The van der Waals surface area contributed by atoms with E-state index in [9.17, 15) is 0 Å². The Morgan fingerprint density at radius 2 is 0.804 bits per heavy atom. The van der Waals surface area contributed by atoms with Gasteiger partial charge in [0.15, 0.2) is 0 Å². The standard InChI is InChI=1S/C41H36O3P2/c1-41(2)31-21-15-27-37(45(29-17-7-5-8-18-29)35-25-13-11-23-33(35)42-3)39(31)44-40-32(41)22-16-28-38(40)46(30-19-9-6-10-20-30)36-26-14-12-24-34(36)43-4/h5-28H,1-4H3/t45-,46?/m0/s1. The lowest BCUT2D eigenvalue weighted by Crippen LogP contribution is -2.33. The van der Waals surface area contributed by atoms with Gasteiger partial charge in [-0.1, -0.05) is 147 Å². The molecule has 0 fully saturated rings. The molecule has 0 N–H and O–H groups in total. The van der Waals surface area contributed by atoms with Crippen molar-refractivity contribution >= 4 is 47.7 Å². The minimum Gasteiger partial charge on any atom is -0.496 e. The van der Waals surface area contributed by atoms with Gasteiger partial charge in [-0.2, -0.15) is 0 Å². The third-order valence-electron chi connectivity index (χ3n) is 8.70. The van der Waals surface area contributed by atoms with Crippen molar-refractivity contribution in [2.75, 3.05) is 14.2 Å². The Labute approximate surface area is 274 Å². The van der Waals surface area contributed by atoms with Crippen molar-refractivity contribution in [2.24, 2.45) is 0 Å². The Morgan fingerprint density at radius 3 is 1.22 bits per heavy atom. The van der Waals surface area contributed by atoms with E-state index in [0.717, 1.165) is 23.0 Å². The Hall–Kier alpha value is -4.42. The maximum Gasteiger partial charge on any atom is 0.139 e. The van der Waals surface area contributed by atoms with Crippen LogP contribution in [0.25, 0.3) is 0 Å². The zero-order valence-corrected chi connectivity index (χ0v) is 28.3. The van der Waals surface area contributed by atoms with Crippen LogP contribution in [0.2, 0.25) is 0 Å². The third-order valence-corrected chi connectivity index (χ3v) is 13.7. The number of rotatable bonds is 8. The van der Waals surface area contributed by atoms with Gasteiger partial charge in [-0.25, -0.2) is 0 Å². The van der Waals surface area contributed by atoms with Gasteiger partial charge in [0, 0.05) is 37.8 Å². The highest BCUT2D eigenvalue weighted by Crippen LogP contribution is 2.52. The van der Waals surface area contributed by atoms with Crippen LogP contribution in [0.1, 0.15) is 25.0 Å². The van der Waals surface area contributed by atoms with Gasteiger partial charge < -0.3 is 14.2 Å². The first kappa shape index (κ1) is 30.2. The number of methoxy groups -OCH3 is 2. The first-order valence-corrected chi connectivity index (χ1v) is 18.1. The summed E-state index contributed by atoms with van der Waals surface area (Å²) in [5.41, 5.74) is 2.08. The maximum atomic E-state index is 7.32. The molecule has 1 aliphatic rings. The summed E-state index contributed by atoms with van der Waals surface area (Å²) in [6.45, 7) is 4.64. The largest absolute Gasteiger partial charge is 0.496 e. The van der Waals surface area contributed by atoms with E-state index in [-0.39, 0.29) is 5.41 Å². The van der Waals surface area contributed by atoms with Crippen molar-refractivity contribution in [2.45, 2.75) is 19.3 Å². The summed E-state index contributed by atoms with van der Waals surface area (Å²) in [4.78, 5) is 0. The molecule has 0 bridgehead atoms. The predicted molar refractivity (Wildman–Crippen MR) is 196 cm³/mol. The first-order valence-electron chi connectivity index (χ1n) is 15.4. The monoisotopic (exact) mass is 638 g/mol. The quantitative estimate of drug-likeness (QED) is 0.160. The van der Waals surface area contributed by atoms with Gasteiger partial charge in [-0.05, 0) is 38.6 Å². The topological polar surface area (TPSA) is 27.7 Å². The van der Waals surface area contributed by atoms with Gasteiger partial charge in [0.05, 0.1) is 14.2 Å². The minimum absolute atomic E-state index is 0.300. The lowest BCUT2D eigenvalue weighted by atomic mass is 9.76. The molecule has 7 rings (SSSR count). The normalized spacial score (nSPS) is 14.3. The summed E-state index contributed by atoms with van der Waals surface area (Å²) < 4.78 is 19.2. The molecule has 6 aromatic carbocycles. The second-order valence-corrected chi connectivity index (χ2v) is 16.0. The first-order chi connectivity index (χ1) is 22.5. The number of fused-ring (bicyclic) bond motifs is 2.